The molecule has 1 saturated carbocycles. The number of nitrogens with zero attached hydrogens (tertiary/aromatic N) is 2. The fourth-order valence-corrected chi connectivity index (χ4v) is 2.51. The maximum Gasteiger partial charge on any atom is 0.391 e. The average Bonchev–Trinajstić information content (AvgIpc) is 2.45. The van der Waals surface area contributed by atoms with Crippen LogP contribution in [0.25, 0.3) is 0 Å². The molecule has 0 spiro atoms. The van der Waals surface area contributed by atoms with Crippen LogP contribution in [-0.2, 0) is 4.74 Å². The molecule has 2 N–H and O–H groups in total. The van der Waals surface area contributed by atoms with Crippen LogP contribution in [0.4, 0.5) is 19.0 Å². The van der Waals surface area contributed by atoms with E-state index in [0.29, 0.717) is 12.8 Å². The third kappa shape index (κ3) is 4.05. The second kappa shape index (κ2) is 6.28. The number of anilines is 1. The molecule has 0 aliphatic heterocycles. The highest BCUT2D eigenvalue weighted by atomic mass is 19.4. The maximum atomic E-state index is 12.7. The largest absolute Gasteiger partial charge is 0.462 e. The average molecular weight is 303 g/mol. The number of nitrogen functional groups attached to an aromatic ring is 1. The number of alkyl halides is 3. The van der Waals surface area contributed by atoms with Crippen LogP contribution in [0.3, 0.4) is 0 Å². The van der Waals surface area contributed by atoms with Crippen LogP contribution in [-0.4, -0.2) is 28.7 Å². The van der Waals surface area contributed by atoms with Gasteiger partial charge in [0, 0.05) is 6.20 Å². The van der Waals surface area contributed by atoms with Crippen molar-refractivity contribution in [3.05, 3.63) is 18.1 Å². The van der Waals surface area contributed by atoms with Crippen LogP contribution in [0.2, 0.25) is 0 Å². The lowest BCUT2D eigenvalue weighted by Gasteiger charge is -2.30. The summed E-state index contributed by atoms with van der Waals surface area (Å²) in [5.41, 5.74) is 5.54. The van der Waals surface area contributed by atoms with Gasteiger partial charge in [-0.25, -0.2) is 14.8 Å². The van der Waals surface area contributed by atoms with Crippen LogP contribution in [0.5, 0.6) is 0 Å². The lowest BCUT2D eigenvalue weighted by atomic mass is 9.81. The molecule has 8 heteroatoms. The van der Waals surface area contributed by atoms with Gasteiger partial charge in [-0.3, -0.25) is 0 Å². The minimum Gasteiger partial charge on any atom is -0.462 e. The third-order valence-corrected chi connectivity index (χ3v) is 3.66. The van der Waals surface area contributed by atoms with Gasteiger partial charge in [-0.2, -0.15) is 13.2 Å². The van der Waals surface area contributed by atoms with Crippen molar-refractivity contribution in [1.82, 2.24) is 9.97 Å². The molecule has 0 saturated heterocycles. The summed E-state index contributed by atoms with van der Waals surface area (Å²) < 4.78 is 43.1. The molecule has 116 valence electrons. The van der Waals surface area contributed by atoms with Gasteiger partial charge in [0.1, 0.15) is 17.7 Å². The molecule has 2 rings (SSSR count). The Bertz CT molecular complexity index is 508. The molecule has 1 heterocycles. The highest BCUT2D eigenvalue weighted by Gasteiger charge is 2.42. The van der Waals surface area contributed by atoms with Gasteiger partial charge in [0.15, 0.2) is 0 Å². The zero-order valence-electron chi connectivity index (χ0n) is 11.3. The molecule has 1 aliphatic carbocycles. The molecule has 0 aromatic carbocycles. The molecule has 0 radical (unpaired) electrons. The molecule has 21 heavy (non-hydrogen) atoms. The highest BCUT2D eigenvalue weighted by molar-refractivity contribution is 5.93. The van der Waals surface area contributed by atoms with Crippen molar-refractivity contribution < 1.29 is 22.7 Å². The lowest BCUT2D eigenvalue weighted by Crippen LogP contribution is -2.30. The van der Waals surface area contributed by atoms with E-state index in [0.717, 1.165) is 0 Å². The van der Waals surface area contributed by atoms with Crippen molar-refractivity contribution in [2.45, 2.75) is 31.9 Å². The zero-order chi connectivity index (χ0) is 15.5. The molecule has 5 nitrogen and oxygen atoms in total. The number of aromatic nitrogens is 2. The smallest absolute Gasteiger partial charge is 0.391 e. The van der Waals surface area contributed by atoms with Crippen molar-refractivity contribution in [2.24, 2.45) is 11.8 Å². The topological polar surface area (TPSA) is 78.1 Å². The summed E-state index contributed by atoms with van der Waals surface area (Å²) in [7, 11) is 0. The van der Waals surface area contributed by atoms with Gasteiger partial charge in [0.25, 0.3) is 0 Å². The third-order valence-electron chi connectivity index (χ3n) is 3.66. The molecule has 1 fully saturated rings. The molecular formula is C13H16F3N3O2. The fraction of sp³-hybridized carbons (Fsp3) is 0.615. The van der Waals surface area contributed by atoms with Gasteiger partial charge < -0.3 is 10.5 Å². The van der Waals surface area contributed by atoms with Gasteiger partial charge in [-0.15, -0.1) is 0 Å². The van der Waals surface area contributed by atoms with E-state index < -0.39 is 18.1 Å². The summed E-state index contributed by atoms with van der Waals surface area (Å²) in [6, 6.07) is 0. The first-order chi connectivity index (χ1) is 9.88. The molecule has 2 unspecified atom stereocenters. The van der Waals surface area contributed by atoms with Crippen LogP contribution in [0.15, 0.2) is 12.5 Å². The van der Waals surface area contributed by atoms with Gasteiger partial charge in [0.2, 0.25) is 0 Å². The summed E-state index contributed by atoms with van der Waals surface area (Å²) in [5.74, 6) is -2.30. The summed E-state index contributed by atoms with van der Waals surface area (Å²) in [5, 5.41) is 0. The van der Waals surface area contributed by atoms with Crippen LogP contribution < -0.4 is 5.73 Å². The number of halogens is 3. The number of hydrogen-bond acceptors (Lipinski definition) is 5. The Kier molecular flexibility index (Phi) is 4.64. The number of ether oxygens (including phenoxy) is 1. The molecule has 0 bridgehead atoms. The Hall–Kier alpha value is -1.86. The van der Waals surface area contributed by atoms with Crippen LogP contribution in [0.1, 0.15) is 36.0 Å². The molecule has 1 aliphatic rings. The van der Waals surface area contributed by atoms with E-state index in [2.05, 4.69) is 9.97 Å². The lowest BCUT2D eigenvalue weighted by molar-refractivity contribution is -0.186. The van der Waals surface area contributed by atoms with Gasteiger partial charge in [-0.1, -0.05) is 6.42 Å². The van der Waals surface area contributed by atoms with Crippen molar-refractivity contribution in [3.8, 4) is 0 Å². The second-order valence-corrected chi connectivity index (χ2v) is 5.19. The summed E-state index contributed by atoms with van der Waals surface area (Å²) in [4.78, 5) is 19.1. The highest BCUT2D eigenvalue weighted by Crippen LogP contribution is 2.39. The molecular weight excluding hydrogens is 287 g/mol. The number of carbonyl (C=O) groups excluding carboxylic acids is 1. The Morgan fingerprint density at radius 1 is 1.43 bits per heavy atom. The summed E-state index contributed by atoms with van der Waals surface area (Å²) in [6.45, 7) is -0.0419. The first-order valence-electron chi connectivity index (χ1n) is 6.67. The first kappa shape index (κ1) is 15.5. The maximum absolute atomic E-state index is 12.7. The van der Waals surface area contributed by atoms with E-state index in [1.165, 1.54) is 12.5 Å². The molecule has 0 amide bonds. The summed E-state index contributed by atoms with van der Waals surface area (Å²) >= 11 is 0. The Morgan fingerprint density at radius 2 is 2.19 bits per heavy atom. The van der Waals surface area contributed by atoms with Gasteiger partial charge >= 0.3 is 12.1 Å². The quantitative estimate of drug-likeness (QED) is 0.868. The van der Waals surface area contributed by atoms with E-state index in [1.54, 1.807) is 0 Å². The predicted molar refractivity (Wildman–Crippen MR) is 68.2 cm³/mol. The monoisotopic (exact) mass is 303 g/mol. The van der Waals surface area contributed by atoms with Crippen molar-refractivity contribution in [1.29, 1.82) is 0 Å². The normalized spacial score (nSPS) is 22.8. The van der Waals surface area contributed by atoms with E-state index >= 15 is 0 Å². The Labute approximate surface area is 119 Å². The Morgan fingerprint density at radius 3 is 2.86 bits per heavy atom. The van der Waals surface area contributed by atoms with E-state index in [9.17, 15) is 18.0 Å². The number of rotatable bonds is 3. The Balaban J connectivity index is 1.88. The number of hydrogen-bond donors (Lipinski definition) is 1. The van der Waals surface area contributed by atoms with Crippen molar-refractivity contribution in [2.75, 3.05) is 12.3 Å². The fourth-order valence-electron chi connectivity index (χ4n) is 2.51. The molecule has 1 aromatic heterocycles. The minimum absolute atomic E-state index is 0.00243. The van der Waals surface area contributed by atoms with E-state index in [-0.39, 0.29) is 36.7 Å². The van der Waals surface area contributed by atoms with Gasteiger partial charge in [-0.05, 0) is 25.2 Å². The van der Waals surface area contributed by atoms with E-state index in [1.807, 2.05) is 0 Å². The molecule has 2 atom stereocenters. The van der Waals surface area contributed by atoms with Crippen LogP contribution >= 0.6 is 0 Å². The zero-order valence-corrected chi connectivity index (χ0v) is 11.3. The van der Waals surface area contributed by atoms with Crippen molar-refractivity contribution in [3.63, 3.8) is 0 Å². The van der Waals surface area contributed by atoms with Crippen molar-refractivity contribution >= 4 is 11.8 Å². The SMILES string of the molecule is Nc1ncncc1C(=O)OCC1CCCC(C(F)(F)F)C1. The molecule has 1 aromatic rings. The first-order valence-corrected chi connectivity index (χ1v) is 6.67. The number of carbonyl (C=O) groups is 1. The standard InChI is InChI=1S/C13H16F3N3O2/c14-13(15,16)9-3-1-2-8(4-9)6-21-12(20)10-5-18-7-19-11(10)17/h5,7-9H,1-4,6H2,(H2,17,18,19). The summed E-state index contributed by atoms with van der Waals surface area (Å²) in [6.07, 6.45) is -0.500. The van der Waals surface area contributed by atoms with E-state index in [4.69, 9.17) is 10.5 Å². The number of nitrogens with two attached hydrogens (primary N) is 1. The number of esters is 1. The van der Waals surface area contributed by atoms with Gasteiger partial charge in [0.05, 0.1) is 12.5 Å². The predicted octanol–water partition coefficient (Wildman–Crippen LogP) is 2.58. The minimum atomic E-state index is -4.18. The second-order valence-electron chi connectivity index (χ2n) is 5.19. The van der Waals surface area contributed by atoms with Crippen LogP contribution in [0, 0.1) is 11.8 Å².